The van der Waals surface area contributed by atoms with E-state index in [1.807, 2.05) is 4.90 Å². The summed E-state index contributed by atoms with van der Waals surface area (Å²) in [4.78, 5) is 18.7. The Balaban J connectivity index is 1.82. The maximum atomic E-state index is 12.3. The Morgan fingerprint density at radius 1 is 1.30 bits per heavy atom. The first-order chi connectivity index (χ1) is 9.60. The van der Waals surface area contributed by atoms with E-state index in [0.717, 1.165) is 39.3 Å². The zero-order valence-electron chi connectivity index (χ0n) is 12.3. The fraction of sp³-hybridized carbons (Fsp3) is 0.750. The van der Waals surface area contributed by atoms with Crippen LogP contribution in [0.5, 0.6) is 0 Å². The van der Waals surface area contributed by atoms with Crippen LogP contribution in [0.25, 0.3) is 0 Å². The van der Waals surface area contributed by atoms with Gasteiger partial charge in [-0.15, -0.1) is 10.2 Å². The van der Waals surface area contributed by atoms with Gasteiger partial charge in [0.05, 0.1) is 0 Å². The molecule has 1 aliphatic rings. The van der Waals surface area contributed by atoms with Crippen LogP contribution in [0.4, 0.5) is 5.13 Å². The van der Waals surface area contributed by atoms with Gasteiger partial charge < -0.3 is 15.1 Å². The molecule has 0 aliphatic carbocycles. The number of carbonyl (C=O) groups is 1. The number of aromatic nitrogens is 2. The molecular weight excluding hydrogens is 276 g/mol. The van der Waals surface area contributed by atoms with E-state index in [0.29, 0.717) is 10.1 Å². The van der Waals surface area contributed by atoms with Crippen LogP contribution in [0.15, 0.2) is 0 Å². The lowest BCUT2D eigenvalue weighted by Crippen LogP contribution is -2.49. The molecule has 0 radical (unpaired) electrons. The van der Waals surface area contributed by atoms with Crippen molar-refractivity contribution >= 4 is 22.4 Å². The summed E-state index contributed by atoms with van der Waals surface area (Å²) in [6.07, 6.45) is 0. The second kappa shape index (κ2) is 6.96. The van der Waals surface area contributed by atoms with Crippen LogP contribution >= 0.6 is 11.3 Å². The first-order valence-corrected chi connectivity index (χ1v) is 7.59. The highest BCUT2D eigenvalue weighted by atomic mass is 32.1. The van der Waals surface area contributed by atoms with Crippen molar-refractivity contribution in [3.05, 3.63) is 5.01 Å². The van der Waals surface area contributed by atoms with Crippen LogP contribution in [0.1, 0.15) is 9.80 Å². The van der Waals surface area contributed by atoms with E-state index in [1.54, 1.807) is 7.05 Å². The number of likely N-dealkylation sites (N-methyl/N-ethyl adjacent to an activating group) is 1. The highest BCUT2D eigenvalue weighted by Gasteiger charge is 2.24. The van der Waals surface area contributed by atoms with E-state index in [2.05, 4.69) is 39.4 Å². The largest absolute Gasteiger partial charge is 0.363 e. The predicted molar refractivity (Wildman–Crippen MR) is 80.4 cm³/mol. The van der Waals surface area contributed by atoms with Gasteiger partial charge in [-0.1, -0.05) is 11.3 Å². The van der Waals surface area contributed by atoms with Gasteiger partial charge in [0, 0.05) is 46.3 Å². The molecule has 1 aliphatic heterocycles. The molecule has 0 aromatic carbocycles. The lowest BCUT2D eigenvalue weighted by molar-refractivity contribution is 0.0628. The van der Waals surface area contributed by atoms with E-state index in [-0.39, 0.29) is 5.91 Å². The van der Waals surface area contributed by atoms with Crippen LogP contribution in [0, 0.1) is 0 Å². The maximum absolute atomic E-state index is 12.3. The minimum atomic E-state index is -0.00346. The monoisotopic (exact) mass is 298 g/mol. The third kappa shape index (κ3) is 3.87. The predicted octanol–water partition coefficient (Wildman–Crippen LogP) is -0.101. The molecule has 0 bridgehead atoms. The zero-order valence-corrected chi connectivity index (χ0v) is 13.1. The molecule has 7 nitrogen and oxygen atoms in total. The van der Waals surface area contributed by atoms with Gasteiger partial charge in [-0.05, 0) is 14.1 Å². The Morgan fingerprint density at radius 3 is 2.55 bits per heavy atom. The van der Waals surface area contributed by atoms with Crippen LogP contribution < -0.4 is 5.32 Å². The number of hydrogen-bond acceptors (Lipinski definition) is 7. The molecule has 1 aromatic rings. The Kier molecular flexibility index (Phi) is 5.27. The SMILES string of the molecule is CNc1nnc(C(=O)N2CCN(CCN(C)C)CC2)s1. The lowest BCUT2D eigenvalue weighted by atomic mass is 10.3. The summed E-state index contributed by atoms with van der Waals surface area (Å²) in [6.45, 7) is 5.49. The van der Waals surface area contributed by atoms with Crippen LogP contribution in [0.3, 0.4) is 0 Å². The van der Waals surface area contributed by atoms with Crippen molar-refractivity contribution in [1.29, 1.82) is 0 Å². The molecule has 0 atom stereocenters. The normalized spacial score (nSPS) is 16.7. The minimum Gasteiger partial charge on any atom is -0.363 e. The third-order valence-corrected chi connectivity index (χ3v) is 4.27. The molecule has 2 rings (SSSR count). The Labute approximate surface area is 123 Å². The molecule has 1 fully saturated rings. The van der Waals surface area contributed by atoms with Crippen LogP contribution in [-0.4, -0.2) is 91.2 Å². The van der Waals surface area contributed by atoms with Gasteiger partial charge in [0.2, 0.25) is 10.1 Å². The van der Waals surface area contributed by atoms with Gasteiger partial charge in [-0.2, -0.15) is 0 Å². The number of rotatable bonds is 5. The summed E-state index contributed by atoms with van der Waals surface area (Å²) in [6, 6.07) is 0. The number of amides is 1. The van der Waals surface area contributed by atoms with Crippen molar-refractivity contribution < 1.29 is 4.79 Å². The van der Waals surface area contributed by atoms with Gasteiger partial charge in [0.25, 0.3) is 5.91 Å². The van der Waals surface area contributed by atoms with Gasteiger partial charge in [-0.25, -0.2) is 0 Å². The molecule has 20 heavy (non-hydrogen) atoms. The van der Waals surface area contributed by atoms with E-state index >= 15 is 0 Å². The number of nitrogens with zero attached hydrogens (tertiary/aromatic N) is 5. The number of carbonyl (C=O) groups excluding carboxylic acids is 1. The fourth-order valence-electron chi connectivity index (χ4n) is 2.06. The van der Waals surface area contributed by atoms with Crippen LogP contribution in [-0.2, 0) is 0 Å². The minimum absolute atomic E-state index is 0.00346. The number of anilines is 1. The summed E-state index contributed by atoms with van der Waals surface area (Å²) in [7, 11) is 5.93. The molecule has 1 saturated heterocycles. The van der Waals surface area contributed by atoms with E-state index in [1.165, 1.54) is 11.3 Å². The maximum Gasteiger partial charge on any atom is 0.284 e. The second-order valence-electron chi connectivity index (χ2n) is 5.10. The van der Waals surface area contributed by atoms with Crippen molar-refractivity contribution in [1.82, 2.24) is 24.9 Å². The Morgan fingerprint density at radius 2 is 2.00 bits per heavy atom. The Bertz CT molecular complexity index is 441. The molecule has 1 N–H and O–H groups in total. The van der Waals surface area contributed by atoms with Gasteiger partial charge in [0.15, 0.2) is 0 Å². The molecule has 1 amide bonds. The number of nitrogens with one attached hydrogen (secondary N) is 1. The molecule has 0 unspecified atom stereocenters. The van der Waals surface area contributed by atoms with E-state index < -0.39 is 0 Å². The summed E-state index contributed by atoms with van der Waals surface area (Å²) in [5.74, 6) is -0.00346. The van der Waals surface area contributed by atoms with Crippen molar-refractivity contribution in [3.8, 4) is 0 Å². The van der Waals surface area contributed by atoms with E-state index in [4.69, 9.17) is 0 Å². The summed E-state index contributed by atoms with van der Waals surface area (Å²) >= 11 is 1.30. The van der Waals surface area contributed by atoms with Crippen molar-refractivity contribution in [2.75, 3.05) is 65.7 Å². The molecule has 2 heterocycles. The smallest absolute Gasteiger partial charge is 0.284 e. The van der Waals surface area contributed by atoms with Gasteiger partial charge >= 0.3 is 0 Å². The molecule has 0 spiro atoms. The third-order valence-electron chi connectivity index (χ3n) is 3.34. The lowest BCUT2D eigenvalue weighted by Gasteiger charge is -2.34. The quantitative estimate of drug-likeness (QED) is 0.819. The first-order valence-electron chi connectivity index (χ1n) is 6.77. The average Bonchev–Trinajstić information content (AvgIpc) is 2.94. The number of piperazine rings is 1. The van der Waals surface area contributed by atoms with Crippen molar-refractivity contribution in [3.63, 3.8) is 0 Å². The molecule has 1 aromatic heterocycles. The summed E-state index contributed by atoms with van der Waals surface area (Å²) in [5, 5.41) is 11.9. The summed E-state index contributed by atoms with van der Waals surface area (Å²) in [5.41, 5.74) is 0. The highest BCUT2D eigenvalue weighted by Crippen LogP contribution is 2.17. The zero-order chi connectivity index (χ0) is 14.5. The Hall–Kier alpha value is -1.25. The first kappa shape index (κ1) is 15.1. The van der Waals surface area contributed by atoms with Gasteiger partial charge in [0.1, 0.15) is 0 Å². The van der Waals surface area contributed by atoms with Gasteiger partial charge in [-0.3, -0.25) is 9.69 Å². The number of hydrogen-bond donors (Lipinski definition) is 1. The topological polar surface area (TPSA) is 64.6 Å². The fourth-order valence-corrected chi connectivity index (χ4v) is 2.73. The average molecular weight is 298 g/mol. The van der Waals surface area contributed by atoms with E-state index in [9.17, 15) is 4.79 Å². The second-order valence-corrected chi connectivity index (χ2v) is 6.08. The standard InChI is InChI=1S/C12H22N6OS/c1-13-12-15-14-10(20-12)11(19)18-8-6-17(7-9-18)5-4-16(2)3/h4-9H2,1-3H3,(H,13,15). The van der Waals surface area contributed by atoms with Crippen molar-refractivity contribution in [2.24, 2.45) is 0 Å². The molecule has 0 saturated carbocycles. The molecular formula is C12H22N6OS. The molecule has 112 valence electrons. The molecule has 8 heteroatoms. The highest BCUT2D eigenvalue weighted by molar-refractivity contribution is 7.17. The summed E-state index contributed by atoms with van der Waals surface area (Å²) < 4.78 is 0. The van der Waals surface area contributed by atoms with Crippen LogP contribution in [0.2, 0.25) is 0 Å². The van der Waals surface area contributed by atoms with Crippen molar-refractivity contribution in [2.45, 2.75) is 0 Å².